The lowest BCUT2D eigenvalue weighted by molar-refractivity contribution is 0.668. The van der Waals surface area contributed by atoms with E-state index in [0.29, 0.717) is 35.2 Å². The van der Waals surface area contributed by atoms with Gasteiger partial charge in [0.05, 0.1) is 44.1 Å². The summed E-state index contributed by atoms with van der Waals surface area (Å²) in [7, 11) is 0. The standard InChI is InChI=1S/C104H72N10O2/c1-3-5-35-75-76(36-6-4-2)97-96(78-40-20-24-42-86(78)113(97)103-107-101(69-49-55-93-83(61-69)73-37-21-25-43-91(73)115-93)106-102(108-103)70-50-56-94-84(62-70)74-38-22-26-44-92(74)116-94)98-95(75)77-39-19-23-41-85(77)114(98)104-109-99(67-47-53-89-81(59-67)79-57-65(63-27-11-7-12-28-63)45-51-87(79)111(89)71-31-15-9-16-32-71)105-100(110-104)68-48-54-90-82(60-68)80-58-66(64-29-13-8-14-30-64)46-52-88(80)112(90)72-33-17-10-18-34-72/h7-34,37-62H,3-6,35-36H2,1-2H3. The van der Waals surface area contributed by atoms with Gasteiger partial charge in [0.2, 0.25) is 11.9 Å². The number of furan rings is 2. The van der Waals surface area contributed by atoms with E-state index in [-0.39, 0.29) is 0 Å². The van der Waals surface area contributed by atoms with Crippen LogP contribution in [0.3, 0.4) is 0 Å². The third-order valence-corrected chi connectivity index (χ3v) is 23.7. The number of benzene rings is 15. The first-order valence-corrected chi connectivity index (χ1v) is 40.2. The molecule has 15 aromatic carbocycles. The summed E-state index contributed by atoms with van der Waals surface area (Å²) >= 11 is 0. The molecule has 0 unspecified atom stereocenters. The Morgan fingerprint density at radius 3 is 0.983 bits per heavy atom. The molecule has 0 fully saturated rings. The van der Waals surface area contributed by atoms with Crippen molar-refractivity contribution in [2.75, 3.05) is 0 Å². The lowest BCUT2D eigenvalue weighted by atomic mass is 9.90. The van der Waals surface area contributed by atoms with Gasteiger partial charge in [0.15, 0.2) is 23.3 Å². The topological polar surface area (TPSA) is 123 Å². The highest BCUT2D eigenvalue weighted by Crippen LogP contribution is 2.49. The van der Waals surface area contributed by atoms with Crippen LogP contribution in [0.25, 0.3) is 222 Å². The fraction of sp³-hybridized carbons (Fsp3) is 0.0769. The van der Waals surface area contributed by atoms with E-state index in [0.717, 1.165) is 220 Å². The zero-order valence-corrected chi connectivity index (χ0v) is 63.7. The molecule has 12 nitrogen and oxygen atoms in total. The van der Waals surface area contributed by atoms with Gasteiger partial charge in [0.1, 0.15) is 22.3 Å². The fourth-order valence-electron chi connectivity index (χ4n) is 18.3. The van der Waals surface area contributed by atoms with Crippen LogP contribution in [0.15, 0.2) is 336 Å². The second-order valence-electron chi connectivity index (χ2n) is 30.5. The van der Waals surface area contributed by atoms with E-state index >= 15 is 0 Å². The summed E-state index contributed by atoms with van der Waals surface area (Å²) in [6, 6.07) is 117. The Morgan fingerprint density at radius 1 is 0.233 bits per heavy atom. The van der Waals surface area contributed by atoms with E-state index in [2.05, 4.69) is 323 Å². The summed E-state index contributed by atoms with van der Waals surface area (Å²) in [6.07, 6.45) is 5.52. The van der Waals surface area contributed by atoms with Crippen LogP contribution in [0.1, 0.15) is 50.7 Å². The Hall–Kier alpha value is -14.9. The van der Waals surface area contributed by atoms with Crippen LogP contribution >= 0.6 is 0 Å². The molecule has 0 spiro atoms. The van der Waals surface area contributed by atoms with Crippen molar-refractivity contribution >= 4 is 131 Å². The number of hydrogen-bond donors (Lipinski definition) is 0. The van der Waals surface area contributed by atoms with Gasteiger partial charge in [-0.1, -0.05) is 209 Å². The molecule has 0 radical (unpaired) electrons. The molecule has 0 saturated heterocycles. The van der Waals surface area contributed by atoms with Crippen LogP contribution in [0.2, 0.25) is 0 Å². The molecule has 0 bridgehead atoms. The van der Waals surface area contributed by atoms with Gasteiger partial charge in [-0.2, -0.15) is 19.9 Å². The molecule has 8 heterocycles. The van der Waals surface area contributed by atoms with E-state index in [1.54, 1.807) is 0 Å². The molecule has 0 N–H and O–H groups in total. The largest absolute Gasteiger partial charge is 0.456 e. The third kappa shape index (κ3) is 10.7. The maximum Gasteiger partial charge on any atom is 0.238 e. The minimum atomic E-state index is 0.488. The molecule has 23 rings (SSSR count). The first-order valence-electron chi connectivity index (χ1n) is 40.2. The van der Waals surface area contributed by atoms with Crippen molar-refractivity contribution in [3.63, 3.8) is 0 Å². The van der Waals surface area contributed by atoms with Crippen LogP contribution in [0.4, 0.5) is 0 Å². The van der Waals surface area contributed by atoms with Crippen LogP contribution in [0, 0.1) is 0 Å². The third-order valence-electron chi connectivity index (χ3n) is 23.7. The summed E-state index contributed by atoms with van der Waals surface area (Å²) in [5.74, 6) is 3.11. The van der Waals surface area contributed by atoms with Gasteiger partial charge in [-0.25, -0.2) is 9.97 Å². The second kappa shape index (κ2) is 26.9. The molecule has 0 amide bonds. The van der Waals surface area contributed by atoms with E-state index in [1.807, 2.05) is 36.4 Å². The number of aromatic nitrogens is 10. The molecule has 0 atom stereocenters. The molecule has 0 aliphatic carbocycles. The molecular formula is C104H72N10O2. The molecule has 116 heavy (non-hydrogen) atoms. The quantitative estimate of drug-likeness (QED) is 0.0937. The van der Waals surface area contributed by atoms with Gasteiger partial charge in [0, 0.05) is 98.3 Å². The molecule has 0 saturated carbocycles. The Bertz CT molecular complexity index is 7570. The lowest BCUT2D eigenvalue weighted by Gasteiger charge is -2.18. The first kappa shape index (κ1) is 66.9. The van der Waals surface area contributed by atoms with Crippen molar-refractivity contribution in [3.8, 4) is 91.1 Å². The number of para-hydroxylation sites is 6. The maximum absolute atomic E-state index is 6.46. The highest BCUT2D eigenvalue weighted by Gasteiger charge is 2.31. The summed E-state index contributed by atoms with van der Waals surface area (Å²) in [6.45, 7) is 4.60. The van der Waals surface area contributed by atoms with Crippen molar-refractivity contribution in [2.45, 2.75) is 52.4 Å². The van der Waals surface area contributed by atoms with Crippen molar-refractivity contribution in [1.82, 2.24) is 48.2 Å². The summed E-state index contributed by atoms with van der Waals surface area (Å²) in [5.41, 5.74) is 24.2. The van der Waals surface area contributed by atoms with Crippen LogP contribution < -0.4 is 0 Å². The Kier molecular flexibility index (Phi) is 15.5. The highest BCUT2D eigenvalue weighted by atomic mass is 16.3. The van der Waals surface area contributed by atoms with Crippen LogP contribution in [-0.4, -0.2) is 48.2 Å². The normalized spacial score (nSPS) is 12.1. The number of fused-ring (bicyclic) bond motifs is 19. The van der Waals surface area contributed by atoms with Gasteiger partial charge < -0.3 is 18.0 Å². The predicted molar refractivity (Wildman–Crippen MR) is 475 cm³/mol. The number of unbranched alkanes of at least 4 members (excludes halogenated alkanes) is 2. The lowest BCUT2D eigenvalue weighted by Crippen LogP contribution is -2.09. The van der Waals surface area contributed by atoms with Crippen molar-refractivity contribution in [3.05, 3.63) is 339 Å². The van der Waals surface area contributed by atoms with Gasteiger partial charge in [0.25, 0.3) is 0 Å². The SMILES string of the molecule is CCCCc1c(CCCC)c2c(c3ccccc3n2-c2nc(-c3ccc4oc5ccccc5c4c3)nc(-c3ccc4oc5ccccc5c4c3)n2)c2c1c1ccccc1n2-c1nc(-c2ccc3c(c2)c2cc(-c4ccccc4)ccc2n3-c2ccccc2)nc(-c2ccc3c(c2)c2cc(-c4ccccc4)ccc2n3-c2ccccc2)n1. The molecule has 0 aliphatic rings. The van der Waals surface area contributed by atoms with Crippen LogP contribution in [-0.2, 0) is 12.8 Å². The maximum atomic E-state index is 6.46. The second-order valence-corrected chi connectivity index (χ2v) is 30.5. The molecule has 12 heteroatoms. The average Bonchev–Trinajstić information content (AvgIpc) is 1.52. The molecule has 23 aromatic rings. The van der Waals surface area contributed by atoms with Crippen molar-refractivity contribution in [1.29, 1.82) is 0 Å². The Labute approximate surface area is 666 Å². The zero-order chi connectivity index (χ0) is 76.6. The minimum Gasteiger partial charge on any atom is -0.456 e. The summed E-state index contributed by atoms with van der Waals surface area (Å²) in [4.78, 5) is 34.7. The Morgan fingerprint density at radius 2 is 0.552 bits per heavy atom. The first-order chi connectivity index (χ1) is 57.4. The fourth-order valence-corrected chi connectivity index (χ4v) is 18.3. The van der Waals surface area contributed by atoms with E-state index < -0.39 is 0 Å². The van der Waals surface area contributed by atoms with Gasteiger partial charge >= 0.3 is 0 Å². The number of aryl methyl sites for hydroxylation is 2. The number of rotatable bonds is 16. The molecular weight excluding hydrogens is 1420 g/mol. The van der Waals surface area contributed by atoms with Gasteiger partial charge in [-0.15, -0.1) is 0 Å². The van der Waals surface area contributed by atoms with Crippen LogP contribution in [0.5, 0.6) is 0 Å². The summed E-state index contributed by atoms with van der Waals surface area (Å²) in [5, 5.41) is 12.8. The van der Waals surface area contributed by atoms with Gasteiger partial charge in [-0.05, 0) is 205 Å². The monoisotopic (exact) mass is 1490 g/mol. The zero-order valence-electron chi connectivity index (χ0n) is 63.7. The van der Waals surface area contributed by atoms with E-state index in [9.17, 15) is 0 Å². The minimum absolute atomic E-state index is 0.488. The average molecular weight is 1490 g/mol. The van der Waals surface area contributed by atoms with E-state index in [1.165, 1.54) is 16.5 Å². The molecule has 8 aromatic heterocycles. The number of hydrogen-bond acceptors (Lipinski definition) is 8. The highest BCUT2D eigenvalue weighted by molar-refractivity contribution is 6.28. The number of nitrogens with zero attached hydrogens (tertiary/aromatic N) is 10. The van der Waals surface area contributed by atoms with Gasteiger partial charge in [-0.3, -0.25) is 9.13 Å². The smallest absolute Gasteiger partial charge is 0.238 e. The predicted octanol–water partition coefficient (Wildman–Crippen LogP) is 26.9. The molecule has 550 valence electrons. The molecule has 0 aliphatic heterocycles. The Balaban J connectivity index is 0.824. The van der Waals surface area contributed by atoms with Crippen molar-refractivity contribution in [2.24, 2.45) is 0 Å². The van der Waals surface area contributed by atoms with E-state index in [4.69, 9.17) is 38.7 Å². The summed E-state index contributed by atoms with van der Waals surface area (Å²) < 4.78 is 22.4. The van der Waals surface area contributed by atoms with Crippen molar-refractivity contribution < 1.29 is 8.83 Å².